The second kappa shape index (κ2) is 11.5. The van der Waals surface area contributed by atoms with Crippen LogP contribution < -0.4 is 15.0 Å². The molecule has 2 amide bonds. The monoisotopic (exact) mass is 561 g/mol. The van der Waals surface area contributed by atoms with Crippen molar-refractivity contribution in [2.45, 2.75) is 24.5 Å². The van der Waals surface area contributed by atoms with Crippen molar-refractivity contribution in [1.82, 2.24) is 9.62 Å². The van der Waals surface area contributed by atoms with Crippen LogP contribution in [0.3, 0.4) is 0 Å². The Hall–Kier alpha value is -3.11. The van der Waals surface area contributed by atoms with Crippen molar-refractivity contribution in [2.75, 3.05) is 24.5 Å². The molecule has 4 rings (SSSR count). The second-order valence-corrected chi connectivity index (χ2v) is 11.0. The third-order valence-electron chi connectivity index (χ3n) is 5.85. The van der Waals surface area contributed by atoms with E-state index in [9.17, 15) is 18.0 Å². The lowest BCUT2D eigenvalue weighted by atomic mass is 10.1. The molecular formula is C26H25Cl2N3O5S. The predicted octanol–water partition coefficient (Wildman–Crippen LogP) is 4.11. The van der Waals surface area contributed by atoms with Crippen LogP contribution in [0, 0.1) is 0 Å². The maximum atomic E-state index is 13.5. The van der Waals surface area contributed by atoms with Crippen molar-refractivity contribution in [3.63, 3.8) is 0 Å². The van der Waals surface area contributed by atoms with Crippen LogP contribution >= 0.6 is 23.2 Å². The number of halogens is 2. The summed E-state index contributed by atoms with van der Waals surface area (Å²) in [6, 6.07) is 20.3. The van der Waals surface area contributed by atoms with Crippen molar-refractivity contribution in [1.29, 1.82) is 0 Å². The molecule has 0 fully saturated rings. The number of ether oxygens (including phenoxy) is 1. The first kappa shape index (κ1) is 26.9. The molecule has 194 valence electrons. The van der Waals surface area contributed by atoms with Crippen LogP contribution in [-0.2, 0) is 26.2 Å². The summed E-state index contributed by atoms with van der Waals surface area (Å²) in [5.41, 5.74) is 1.37. The van der Waals surface area contributed by atoms with Gasteiger partial charge in [0.25, 0.3) is 5.91 Å². The summed E-state index contributed by atoms with van der Waals surface area (Å²) >= 11 is 12.1. The highest BCUT2D eigenvalue weighted by atomic mass is 35.5. The minimum Gasteiger partial charge on any atom is -0.477 e. The Bertz CT molecular complexity index is 1400. The largest absolute Gasteiger partial charge is 0.477 e. The number of nitrogens with zero attached hydrogens (tertiary/aromatic N) is 2. The van der Waals surface area contributed by atoms with Crippen LogP contribution in [0.25, 0.3) is 0 Å². The number of para-hydroxylation sites is 2. The van der Waals surface area contributed by atoms with Gasteiger partial charge in [-0.2, -0.15) is 4.31 Å². The molecule has 0 aliphatic carbocycles. The van der Waals surface area contributed by atoms with E-state index in [0.29, 0.717) is 18.0 Å². The van der Waals surface area contributed by atoms with Crippen LogP contribution in [0.1, 0.15) is 12.5 Å². The summed E-state index contributed by atoms with van der Waals surface area (Å²) in [4.78, 5) is 27.6. The zero-order valence-corrected chi connectivity index (χ0v) is 22.3. The Balaban J connectivity index is 1.54. The molecule has 0 saturated carbocycles. The number of fused-ring (bicyclic) bond motifs is 1. The molecule has 8 nitrogen and oxygen atoms in total. The van der Waals surface area contributed by atoms with Crippen LogP contribution in [-0.4, -0.2) is 50.3 Å². The van der Waals surface area contributed by atoms with Crippen molar-refractivity contribution in [3.8, 4) is 5.75 Å². The number of likely N-dealkylation sites (N-methyl/N-ethyl adjacent to an activating group) is 1. The number of hydrogen-bond donors (Lipinski definition) is 1. The average Bonchev–Trinajstić information content (AvgIpc) is 2.91. The third-order valence-corrected chi connectivity index (χ3v) is 8.49. The van der Waals surface area contributed by atoms with Gasteiger partial charge in [-0.3, -0.25) is 9.59 Å². The predicted molar refractivity (Wildman–Crippen MR) is 142 cm³/mol. The standard InChI is InChI=1S/C26H25Cl2N3O5S/c1-2-30(37(34,35)24-14-19(27)12-13-20(24)28)17-25(32)31-16-23(36-22-11-7-6-10-21(22)31)26(33)29-15-18-8-4-3-5-9-18/h3-14,23H,2,15-17H2,1H3,(H,29,33)/t23-/m0/s1. The molecule has 0 radical (unpaired) electrons. The Labute approximate surface area is 225 Å². The fourth-order valence-corrected chi connectivity index (χ4v) is 6.06. The van der Waals surface area contributed by atoms with Gasteiger partial charge in [-0.25, -0.2) is 8.42 Å². The molecular weight excluding hydrogens is 537 g/mol. The van der Waals surface area contributed by atoms with E-state index in [1.54, 1.807) is 31.2 Å². The Morgan fingerprint density at radius 2 is 1.76 bits per heavy atom. The number of carbonyl (C=O) groups excluding carboxylic acids is 2. The zero-order valence-electron chi connectivity index (χ0n) is 19.9. The van der Waals surface area contributed by atoms with E-state index in [0.717, 1.165) is 9.87 Å². The van der Waals surface area contributed by atoms with Gasteiger partial charge in [0, 0.05) is 18.1 Å². The smallest absolute Gasteiger partial charge is 0.263 e. The average molecular weight is 562 g/mol. The molecule has 3 aromatic rings. The van der Waals surface area contributed by atoms with Crippen molar-refractivity contribution >= 4 is 50.7 Å². The molecule has 1 N–H and O–H groups in total. The minimum atomic E-state index is -4.13. The van der Waals surface area contributed by atoms with Gasteiger partial charge in [0.15, 0.2) is 6.10 Å². The molecule has 0 unspecified atom stereocenters. The van der Waals surface area contributed by atoms with Gasteiger partial charge in [-0.05, 0) is 35.9 Å². The van der Waals surface area contributed by atoms with Crippen molar-refractivity contribution < 1.29 is 22.7 Å². The van der Waals surface area contributed by atoms with E-state index in [1.807, 2.05) is 30.3 Å². The fraction of sp³-hybridized carbons (Fsp3) is 0.231. The third kappa shape index (κ3) is 6.07. The molecule has 0 bridgehead atoms. The van der Waals surface area contributed by atoms with E-state index >= 15 is 0 Å². The lowest BCUT2D eigenvalue weighted by Gasteiger charge is -2.35. The highest BCUT2D eigenvalue weighted by Gasteiger charge is 2.36. The molecule has 1 atom stereocenters. The minimum absolute atomic E-state index is 0.00201. The normalized spacial score (nSPS) is 15.1. The molecule has 37 heavy (non-hydrogen) atoms. The Kier molecular flexibility index (Phi) is 8.39. The molecule has 0 spiro atoms. The topological polar surface area (TPSA) is 96.0 Å². The number of amides is 2. The first-order valence-corrected chi connectivity index (χ1v) is 13.7. The lowest BCUT2D eigenvalue weighted by Crippen LogP contribution is -2.53. The molecule has 0 saturated heterocycles. The van der Waals surface area contributed by atoms with Crippen LogP contribution in [0.15, 0.2) is 77.7 Å². The number of rotatable bonds is 8. The van der Waals surface area contributed by atoms with Gasteiger partial charge < -0.3 is 15.0 Å². The quantitative estimate of drug-likeness (QED) is 0.446. The van der Waals surface area contributed by atoms with E-state index in [-0.39, 0.29) is 33.9 Å². The van der Waals surface area contributed by atoms with E-state index in [1.165, 1.54) is 23.1 Å². The van der Waals surface area contributed by atoms with E-state index in [2.05, 4.69) is 5.32 Å². The molecule has 11 heteroatoms. The number of benzene rings is 3. The van der Waals surface area contributed by atoms with E-state index < -0.39 is 28.6 Å². The number of carbonyl (C=O) groups is 2. The summed E-state index contributed by atoms with van der Waals surface area (Å²) in [5, 5.41) is 3.04. The number of hydrogen-bond acceptors (Lipinski definition) is 5. The van der Waals surface area contributed by atoms with Gasteiger partial charge in [0.05, 0.1) is 23.8 Å². The second-order valence-electron chi connectivity index (χ2n) is 8.29. The number of anilines is 1. The summed E-state index contributed by atoms with van der Waals surface area (Å²) in [7, 11) is -4.13. The molecule has 1 aliphatic rings. The molecule has 3 aromatic carbocycles. The number of nitrogens with one attached hydrogen (secondary N) is 1. The Morgan fingerprint density at radius 3 is 2.49 bits per heavy atom. The SMILES string of the molecule is CCN(CC(=O)N1C[C@@H](C(=O)NCc2ccccc2)Oc2ccccc21)S(=O)(=O)c1cc(Cl)ccc1Cl. The van der Waals surface area contributed by atoms with Gasteiger partial charge >= 0.3 is 0 Å². The number of sulfonamides is 1. The van der Waals surface area contributed by atoms with Crippen molar-refractivity contribution in [2.24, 2.45) is 0 Å². The maximum absolute atomic E-state index is 13.5. The van der Waals surface area contributed by atoms with Gasteiger partial charge in [0.2, 0.25) is 15.9 Å². The first-order chi connectivity index (χ1) is 17.7. The van der Waals surface area contributed by atoms with Crippen molar-refractivity contribution in [3.05, 3.63) is 88.4 Å². The summed E-state index contributed by atoms with van der Waals surface area (Å²) < 4.78 is 33.5. The summed E-state index contributed by atoms with van der Waals surface area (Å²) in [6.07, 6.45) is -0.975. The molecule has 1 aliphatic heterocycles. The highest BCUT2D eigenvalue weighted by molar-refractivity contribution is 7.89. The lowest BCUT2D eigenvalue weighted by molar-refractivity contribution is -0.128. The zero-order chi connectivity index (χ0) is 26.6. The van der Waals surface area contributed by atoms with Crippen LogP contribution in [0.4, 0.5) is 5.69 Å². The molecule has 1 heterocycles. The van der Waals surface area contributed by atoms with E-state index in [4.69, 9.17) is 27.9 Å². The highest BCUT2D eigenvalue weighted by Crippen LogP contribution is 2.34. The first-order valence-electron chi connectivity index (χ1n) is 11.5. The van der Waals surface area contributed by atoms with Gasteiger partial charge in [-0.15, -0.1) is 0 Å². The fourth-order valence-electron chi connectivity index (χ4n) is 3.92. The Morgan fingerprint density at radius 1 is 1.05 bits per heavy atom. The maximum Gasteiger partial charge on any atom is 0.263 e. The van der Waals surface area contributed by atoms with Gasteiger partial charge in [0.1, 0.15) is 10.6 Å². The molecule has 0 aromatic heterocycles. The summed E-state index contributed by atoms with van der Waals surface area (Å²) in [5.74, 6) is -0.548. The van der Waals surface area contributed by atoms with Crippen LogP contribution in [0.5, 0.6) is 5.75 Å². The summed E-state index contributed by atoms with van der Waals surface area (Å²) in [6.45, 7) is 1.40. The van der Waals surface area contributed by atoms with Crippen LogP contribution in [0.2, 0.25) is 10.0 Å². The van der Waals surface area contributed by atoms with Gasteiger partial charge in [-0.1, -0.05) is 72.6 Å².